The molecule has 1 atom stereocenters. The van der Waals surface area contributed by atoms with Crippen molar-refractivity contribution in [2.75, 3.05) is 7.11 Å². The molecule has 10 heteroatoms. The van der Waals surface area contributed by atoms with Crippen LogP contribution >= 0.6 is 28.3 Å². The van der Waals surface area contributed by atoms with Gasteiger partial charge in [-0.1, -0.05) is 15.9 Å². The molecule has 0 heterocycles. The van der Waals surface area contributed by atoms with Gasteiger partial charge < -0.3 is 15.6 Å². The van der Waals surface area contributed by atoms with Gasteiger partial charge in [0.15, 0.2) is 11.5 Å². The van der Waals surface area contributed by atoms with E-state index >= 15 is 0 Å². The molecule has 3 N–H and O–H groups in total. The van der Waals surface area contributed by atoms with E-state index in [0.29, 0.717) is 0 Å². The van der Waals surface area contributed by atoms with Gasteiger partial charge in [0.2, 0.25) is 0 Å². The van der Waals surface area contributed by atoms with Crippen LogP contribution in [0.3, 0.4) is 0 Å². The largest absolute Gasteiger partial charge is 0.504 e. The van der Waals surface area contributed by atoms with Gasteiger partial charge in [0.1, 0.15) is 6.04 Å². The quantitative estimate of drug-likeness (QED) is 0.778. The summed E-state index contributed by atoms with van der Waals surface area (Å²) in [5.41, 5.74) is 4.18. The Morgan fingerprint density at radius 2 is 1.75 bits per heavy atom. The zero-order valence-corrected chi connectivity index (χ0v) is 12.2. The molecule has 0 fully saturated rings. The molecular formula is C10H10BrClF5NO2. The predicted molar refractivity (Wildman–Crippen MR) is 67.5 cm³/mol. The maximum atomic E-state index is 13.1. The summed E-state index contributed by atoms with van der Waals surface area (Å²) < 4.78 is 67.8. The van der Waals surface area contributed by atoms with Crippen molar-refractivity contribution in [3.63, 3.8) is 0 Å². The minimum atomic E-state index is -5.82. The summed E-state index contributed by atoms with van der Waals surface area (Å²) in [5, 5.41) is 9.59. The van der Waals surface area contributed by atoms with Gasteiger partial charge >= 0.3 is 12.1 Å². The van der Waals surface area contributed by atoms with Crippen molar-refractivity contribution in [3.8, 4) is 11.5 Å². The Kier molecular flexibility index (Phi) is 6.06. The minimum Gasteiger partial charge on any atom is -0.504 e. The Bertz CT molecular complexity index is 483. The molecule has 0 amide bonds. The standard InChI is InChI=1S/C10H9BrF5NO2.ClH/c1-19-6-3-4(11)2-5(7(6)18)8(17)9(12,13)10(14,15)16;/h2-3,8,18H,17H2,1H3;1H/t8-;/m1./s1. The lowest BCUT2D eigenvalue weighted by atomic mass is 9.99. The number of hydrogen-bond donors (Lipinski definition) is 2. The molecule has 0 unspecified atom stereocenters. The van der Waals surface area contributed by atoms with E-state index in [4.69, 9.17) is 5.73 Å². The van der Waals surface area contributed by atoms with Crippen molar-refractivity contribution in [2.45, 2.75) is 18.1 Å². The van der Waals surface area contributed by atoms with Crippen molar-refractivity contribution < 1.29 is 31.8 Å². The van der Waals surface area contributed by atoms with Gasteiger partial charge in [0.05, 0.1) is 7.11 Å². The van der Waals surface area contributed by atoms with Crippen LogP contribution in [0.2, 0.25) is 0 Å². The van der Waals surface area contributed by atoms with E-state index in [-0.39, 0.29) is 22.6 Å². The van der Waals surface area contributed by atoms with E-state index in [9.17, 15) is 27.1 Å². The summed E-state index contributed by atoms with van der Waals surface area (Å²) in [5.74, 6) is -6.31. The highest BCUT2D eigenvalue weighted by atomic mass is 79.9. The second-order valence-corrected chi connectivity index (χ2v) is 4.56. The first kappa shape index (κ1) is 19.2. The van der Waals surface area contributed by atoms with Crippen LogP contribution in [0.25, 0.3) is 0 Å². The maximum absolute atomic E-state index is 13.1. The first-order valence-electron chi connectivity index (χ1n) is 4.79. The van der Waals surface area contributed by atoms with Gasteiger partial charge in [0, 0.05) is 10.0 Å². The first-order valence-corrected chi connectivity index (χ1v) is 5.58. The van der Waals surface area contributed by atoms with Gasteiger partial charge in [-0.25, -0.2) is 0 Å². The molecule has 0 aliphatic heterocycles. The lowest BCUT2D eigenvalue weighted by Gasteiger charge is -2.26. The molecule has 1 rings (SSSR count). The Morgan fingerprint density at radius 1 is 1.25 bits per heavy atom. The SMILES string of the molecule is COc1cc(Br)cc([C@@H](N)C(F)(F)C(F)(F)F)c1O.Cl. The van der Waals surface area contributed by atoms with Crippen LogP contribution in [0.1, 0.15) is 11.6 Å². The number of rotatable bonds is 3. The molecule has 0 radical (unpaired) electrons. The molecule has 0 saturated carbocycles. The van der Waals surface area contributed by atoms with E-state index in [0.717, 1.165) is 13.2 Å². The summed E-state index contributed by atoms with van der Waals surface area (Å²) in [4.78, 5) is 0. The van der Waals surface area contributed by atoms with Gasteiger partial charge in [-0.3, -0.25) is 0 Å². The molecule has 0 bridgehead atoms. The van der Waals surface area contributed by atoms with Crippen LogP contribution in [0.5, 0.6) is 11.5 Å². The second-order valence-electron chi connectivity index (χ2n) is 3.64. The fourth-order valence-corrected chi connectivity index (χ4v) is 1.81. The summed E-state index contributed by atoms with van der Waals surface area (Å²) in [7, 11) is 1.12. The molecular weight excluding hydrogens is 376 g/mol. The van der Waals surface area contributed by atoms with Crippen LogP contribution in [0.15, 0.2) is 16.6 Å². The fourth-order valence-electron chi connectivity index (χ4n) is 1.36. The smallest absolute Gasteiger partial charge is 0.455 e. The second kappa shape index (κ2) is 6.31. The molecule has 1 aromatic carbocycles. The van der Waals surface area contributed by atoms with Gasteiger partial charge in [-0.2, -0.15) is 22.0 Å². The van der Waals surface area contributed by atoms with E-state index in [2.05, 4.69) is 20.7 Å². The molecule has 0 spiro atoms. The van der Waals surface area contributed by atoms with E-state index in [1.165, 1.54) is 6.07 Å². The number of phenols is 1. The number of ether oxygens (including phenoxy) is 1. The lowest BCUT2D eigenvalue weighted by Crippen LogP contribution is -2.45. The Balaban J connectivity index is 0.00000361. The maximum Gasteiger partial charge on any atom is 0.455 e. The molecule has 0 aliphatic rings. The predicted octanol–water partition coefficient (Wildman–Crippen LogP) is 3.78. The number of methoxy groups -OCH3 is 1. The number of aromatic hydroxyl groups is 1. The topological polar surface area (TPSA) is 55.5 Å². The molecule has 3 nitrogen and oxygen atoms in total. The lowest BCUT2D eigenvalue weighted by molar-refractivity contribution is -0.291. The molecule has 1 aromatic rings. The van der Waals surface area contributed by atoms with Gasteiger partial charge in [-0.05, 0) is 12.1 Å². The number of hydrogen-bond acceptors (Lipinski definition) is 3. The van der Waals surface area contributed by atoms with E-state index in [1.54, 1.807) is 0 Å². The Hall–Kier alpha value is -0.800. The molecule has 0 saturated heterocycles. The summed E-state index contributed by atoms with van der Waals surface area (Å²) in [6, 6.07) is -0.668. The summed E-state index contributed by atoms with van der Waals surface area (Å²) >= 11 is 2.90. The van der Waals surface area contributed by atoms with Crippen molar-refractivity contribution >= 4 is 28.3 Å². The van der Waals surface area contributed by atoms with E-state index in [1.807, 2.05) is 0 Å². The minimum absolute atomic E-state index is 0. The number of phenolic OH excluding ortho intramolecular Hbond substituents is 1. The van der Waals surface area contributed by atoms with Crippen molar-refractivity contribution in [1.29, 1.82) is 0 Å². The average molecular weight is 387 g/mol. The third-order valence-electron chi connectivity index (χ3n) is 2.39. The zero-order valence-electron chi connectivity index (χ0n) is 9.84. The van der Waals surface area contributed by atoms with Gasteiger partial charge in [0.25, 0.3) is 0 Å². The monoisotopic (exact) mass is 385 g/mol. The number of halogens is 7. The molecule has 20 heavy (non-hydrogen) atoms. The van der Waals surface area contributed by atoms with Crippen molar-refractivity contribution in [3.05, 3.63) is 22.2 Å². The number of alkyl halides is 5. The van der Waals surface area contributed by atoms with Crippen LogP contribution in [0.4, 0.5) is 22.0 Å². The highest BCUT2D eigenvalue weighted by molar-refractivity contribution is 9.10. The third-order valence-corrected chi connectivity index (χ3v) is 2.85. The first-order chi connectivity index (χ1) is 8.52. The molecule has 0 aliphatic carbocycles. The van der Waals surface area contributed by atoms with Crippen molar-refractivity contribution in [1.82, 2.24) is 0 Å². The zero-order chi connectivity index (χ0) is 15.0. The van der Waals surface area contributed by atoms with Crippen LogP contribution < -0.4 is 10.5 Å². The molecule has 116 valence electrons. The highest BCUT2D eigenvalue weighted by Gasteiger charge is 2.62. The average Bonchev–Trinajstić information content (AvgIpc) is 2.29. The number of nitrogens with two attached hydrogens (primary N) is 1. The van der Waals surface area contributed by atoms with Gasteiger partial charge in [-0.15, -0.1) is 12.4 Å². The summed E-state index contributed by atoms with van der Waals surface area (Å²) in [6.07, 6.45) is -5.82. The fraction of sp³-hybridized carbons (Fsp3) is 0.400. The normalized spacial score (nSPS) is 13.6. The Morgan fingerprint density at radius 3 is 2.15 bits per heavy atom. The molecule has 0 aromatic heterocycles. The van der Waals surface area contributed by atoms with Crippen LogP contribution in [-0.4, -0.2) is 24.3 Å². The third kappa shape index (κ3) is 3.44. The number of benzene rings is 1. The Labute approximate surface area is 125 Å². The van der Waals surface area contributed by atoms with Crippen LogP contribution in [-0.2, 0) is 0 Å². The summed E-state index contributed by atoms with van der Waals surface area (Å²) in [6.45, 7) is 0. The van der Waals surface area contributed by atoms with E-state index < -0.39 is 29.5 Å². The van der Waals surface area contributed by atoms with Crippen LogP contribution in [0, 0.1) is 0 Å². The highest BCUT2D eigenvalue weighted by Crippen LogP contribution is 2.47. The van der Waals surface area contributed by atoms with Crippen molar-refractivity contribution in [2.24, 2.45) is 5.73 Å².